The summed E-state index contributed by atoms with van der Waals surface area (Å²) in [5, 5.41) is 18.3. The second kappa shape index (κ2) is 7.52. The largest absolute Gasteiger partial charge is 0.296 e. The van der Waals surface area contributed by atoms with Crippen LogP contribution >= 0.6 is 0 Å². The summed E-state index contributed by atoms with van der Waals surface area (Å²) in [5.41, 5.74) is 1.74. The number of fused-ring (bicyclic) bond motifs is 4. The van der Waals surface area contributed by atoms with Gasteiger partial charge in [-0.05, 0) is 57.1 Å². The number of benzene rings is 1. The summed E-state index contributed by atoms with van der Waals surface area (Å²) in [6, 6.07) is 13.7. The van der Waals surface area contributed by atoms with E-state index in [0.29, 0.717) is 30.2 Å². The van der Waals surface area contributed by atoms with E-state index in [9.17, 15) is 4.79 Å². The van der Waals surface area contributed by atoms with Gasteiger partial charge in [0.1, 0.15) is 5.82 Å². The molecule has 5 heterocycles. The van der Waals surface area contributed by atoms with Gasteiger partial charge in [-0.2, -0.15) is 0 Å². The van der Waals surface area contributed by atoms with Crippen molar-refractivity contribution in [1.29, 1.82) is 0 Å². The fourth-order valence-electron chi connectivity index (χ4n) is 4.89. The SMILES string of the molecule is CCn1c(=O)c2ccccc2n2c(CN3CCC(c4nnc5ccccn45)CC3)nnc12. The molecule has 0 saturated carbocycles. The van der Waals surface area contributed by atoms with Gasteiger partial charge in [-0.1, -0.05) is 18.2 Å². The molecular weight excluding hydrogens is 404 g/mol. The Kier molecular flexibility index (Phi) is 4.50. The van der Waals surface area contributed by atoms with Crippen LogP contribution in [-0.2, 0) is 13.1 Å². The minimum absolute atomic E-state index is 0.0177. The quantitative estimate of drug-likeness (QED) is 0.437. The molecule has 0 aliphatic carbocycles. The number of pyridine rings is 1. The van der Waals surface area contributed by atoms with Crippen LogP contribution in [0.15, 0.2) is 53.5 Å². The third kappa shape index (κ3) is 2.92. The third-order valence-corrected chi connectivity index (χ3v) is 6.55. The molecule has 9 nitrogen and oxygen atoms in total. The van der Waals surface area contributed by atoms with Crippen molar-refractivity contribution < 1.29 is 0 Å². The maximum absolute atomic E-state index is 12.9. The van der Waals surface area contributed by atoms with Gasteiger partial charge in [0.15, 0.2) is 11.5 Å². The summed E-state index contributed by atoms with van der Waals surface area (Å²) in [7, 11) is 0. The Labute approximate surface area is 183 Å². The molecule has 0 amide bonds. The molecule has 0 radical (unpaired) electrons. The zero-order chi connectivity index (χ0) is 21.7. The Balaban J connectivity index is 1.28. The normalized spacial score (nSPS) is 15.9. The Morgan fingerprint density at radius 1 is 0.969 bits per heavy atom. The number of piperidine rings is 1. The molecule has 6 rings (SSSR count). The lowest BCUT2D eigenvalue weighted by Gasteiger charge is -2.30. The molecule has 0 spiro atoms. The Hall–Kier alpha value is -3.59. The number of hydrogen-bond donors (Lipinski definition) is 0. The smallest absolute Gasteiger partial charge is 0.262 e. The molecule has 1 saturated heterocycles. The van der Waals surface area contributed by atoms with Gasteiger partial charge in [-0.25, -0.2) is 0 Å². The first-order valence-corrected chi connectivity index (χ1v) is 11.1. The first-order chi connectivity index (χ1) is 15.7. The highest BCUT2D eigenvalue weighted by Gasteiger charge is 2.26. The minimum Gasteiger partial charge on any atom is -0.296 e. The van der Waals surface area contributed by atoms with E-state index in [2.05, 4.69) is 29.7 Å². The summed E-state index contributed by atoms with van der Waals surface area (Å²) >= 11 is 0. The van der Waals surface area contributed by atoms with Gasteiger partial charge in [0.05, 0.1) is 17.4 Å². The van der Waals surface area contributed by atoms with Crippen molar-refractivity contribution in [1.82, 2.24) is 38.7 Å². The molecule has 0 atom stereocenters. The van der Waals surface area contributed by atoms with Gasteiger partial charge in [-0.15, -0.1) is 20.4 Å². The lowest BCUT2D eigenvalue weighted by molar-refractivity contribution is 0.196. The summed E-state index contributed by atoms with van der Waals surface area (Å²) in [4.78, 5) is 15.3. The standard InChI is InChI=1S/C23H24N8O/c1-2-29-22(32)17-7-3-4-8-18(17)31-20(25-27-23(29)31)15-28-13-10-16(11-14-28)21-26-24-19-9-5-6-12-30(19)21/h3-9,12,16H,2,10-11,13-15H2,1H3. The highest BCUT2D eigenvalue weighted by Crippen LogP contribution is 2.28. The maximum Gasteiger partial charge on any atom is 0.262 e. The third-order valence-electron chi connectivity index (χ3n) is 6.55. The lowest BCUT2D eigenvalue weighted by atomic mass is 9.96. The fraction of sp³-hybridized carbons (Fsp3) is 0.348. The van der Waals surface area contributed by atoms with Crippen LogP contribution in [0.2, 0.25) is 0 Å². The molecule has 4 aromatic heterocycles. The van der Waals surface area contributed by atoms with Gasteiger partial charge < -0.3 is 0 Å². The number of aromatic nitrogens is 7. The predicted octanol–water partition coefficient (Wildman–Crippen LogP) is 2.49. The van der Waals surface area contributed by atoms with E-state index in [-0.39, 0.29) is 5.56 Å². The Bertz CT molecular complexity index is 1490. The van der Waals surface area contributed by atoms with Crippen LogP contribution in [0, 0.1) is 0 Å². The van der Waals surface area contributed by atoms with Gasteiger partial charge in [-0.3, -0.25) is 23.1 Å². The van der Waals surface area contributed by atoms with Crippen molar-refractivity contribution in [3.63, 3.8) is 0 Å². The van der Waals surface area contributed by atoms with Crippen LogP contribution in [0.1, 0.15) is 37.3 Å². The Morgan fingerprint density at radius 3 is 2.62 bits per heavy atom. The number of para-hydroxylation sites is 1. The fourth-order valence-corrected chi connectivity index (χ4v) is 4.89. The Morgan fingerprint density at radius 2 is 1.78 bits per heavy atom. The molecule has 1 aliphatic rings. The van der Waals surface area contributed by atoms with Crippen molar-refractivity contribution in [2.75, 3.05) is 13.1 Å². The first kappa shape index (κ1) is 19.1. The van der Waals surface area contributed by atoms with E-state index in [1.807, 2.05) is 60.0 Å². The van der Waals surface area contributed by atoms with Crippen LogP contribution in [0.4, 0.5) is 0 Å². The number of hydrogen-bond acceptors (Lipinski definition) is 6. The molecule has 32 heavy (non-hydrogen) atoms. The summed E-state index contributed by atoms with van der Waals surface area (Å²) in [6.07, 6.45) is 4.08. The molecule has 0 bridgehead atoms. The monoisotopic (exact) mass is 428 g/mol. The molecule has 0 N–H and O–H groups in total. The number of likely N-dealkylation sites (tertiary alicyclic amines) is 1. The zero-order valence-corrected chi connectivity index (χ0v) is 17.9. The summed E-state index contributed by atoms with van der Waals surface area (Å²) < 4.78 is 5.84. The molecule has 1 aliphatic heterocycles. The van der Waals surface area contributed by atoms with Crippen molar-refractivity contribution in [2.24, 2.45) is 0 Å². The number of nitrogens with zero attached hydrogens (tertiary/aromatic N) is 8. The number of aryl methyl sites for hydroxylation is 1. The van der Waals surface area contributed by atoms with Crippen molar-refractivity contribution in [2.45, 2.75) is 38.8 Å². The van der Waals surface area contributed by atoms with Crippen molar-refractivity contribution in [3.05, 3.63) is 70.7 Å². The molecule has 5 aromatic rings. The molecule has 9 heteroatoms. The van der Waals surface area contributed by atoms with Gasteiger partial charge in [0, 0.05) is 18.7 Å². The van der Waals surface area contributed by atoms with Crippen LogP contribution in [0.5, 0.6) is 0 Å². The van der Waals surface area contributed by atoms with E-state index in [4.69, 9.17) is 0 Å². The van der Waals surface area contributed by atoms with Crippen LogP contribution in [-0.4, -0.2) is 51.8 Å². The molecule has 0 unspecified atom stereocenters. The van der Waals surface area contributed by atoms with E-state index < -0.39 is 0 Å². The van der Waals surface area contributed by atoms with Gasteiger partial charge in [0.25, 0.3) is 5.56 Å². The summed E-state index contributed by atoms with van der Waals surface area (Å²) in [5.74, 6) is 2.91. The van der Waals surface area contributed by atoms with Crippen LogP contribution in [0.25, 0.3) is 22.3 Å². The van der Waals surface area contributed by atoms with Gasteiger partial charge in [0.2, 0.25) is 5.78 Å². The zero-order valence-electron chi connectivity index (χ0n) is 17.9. The van der Waals surface area contributed by atoms with E-state index in [1.54, 1.807) is 4.57 Å². The van der Waals surface area contributed by atoms with E-state index >= 15 is 0 Å². The molecule has 1 aromatic carbocycles. The average molecular weight is 429 g/mol. The highest BCUT2D eigenvalue weighted by molar-refractivity contribution is 5.80. The van der Waals surface area contributed by atoms with Crippen molar-refractivity contribution >= 4 is 22.3 Å². The highest BCUT2D eigenvalue weighted by atomic mass is 16.1. The summed E-state index contributed by atoms with van der Waals surface area (Å²) in [6.45, 7) is 5.12. The second-order valence-corrected chi connectivity index (χ2v) is 8.36. The van der Waals surface area contributed by atoms with E-state index in [0.717, 1.165) is 48.7 Å². The molecule has 162 valence electrons. The molecular formula is C23H24N8O. The average Bonchev–Trinajstić information content (AvgIpc) is 3.45. The second-order valence-electron chi connectivity index (χ2n) is 8.36. The van der Waals surface area contributed by atoms with Crippen LogP contribution in [0.3, 0.4) is 0 Å². The number of rotatable bonds is 4. The van der Waals surface area contributed by atoms with Crippen molar-refractivity contribution in [3.8, 4) is 0 Å². The topological polar surface area (TPSA) is 85.6 Å². The maximum atomic E-state index is 12.9. The van der Waals surface area contributed by atoms with Gasteiger partial charge >= 0.3 is 0 Å². The molecule has 1 fully saturated rings. The lowest BCUT2D eigenvalue weighted by Crippen LogP contribution is -2.33. The van der Waals surface area contributed by atoms with Crippen LogP contribution < -0.4 is 5.56 Å². The minimum atomic E-state index is -0.0177. The predicted molar refractivity (Wildman–Crippen MR) is 121 cm³/mol. The van der Waals surface area contributed by atoms with E-state index in [1.165, 1.54) is 0 Å². The first-order valence-electron chi connectivity index (χ1n) is 11.1.